The van der Waals surface area contributed by atoms with Crippen LogP contribution in [0.25, 0.3) is 0 Å². The Bertz CT molecular complexity index is 384. The van der Waals surface area contributed by atoms with Gasteiger partial charge in [0, 0.05) is 0 Å². The lowest BCUT2D eigenvalue weighted by Crippen LogP contribution is -2.09. The molecule has 0 aliphatic rings. The topological polar surface area (TPSA) is 0 Å². The van der Waals surface area contributed by atoms with Gasteiger partial charge in [-0.1, -0.05) is 85.4 Å². The molecule has 0 amide bonds. The third kappa shape index (κ3) is 6.32. The first-order valence-electron chi connectivity index (χ1n) is 5.42. The van der Waals surface area contributed by atoms with Crippen molar-refractivity contribution in [1.82, 2.24) is 0 Å². The van der Waals surface area contributed by atoms with Crippen molar-refractivity contribution in [3.05, 3.63) is 85.4 Å². The van der Waals surface area contributed by atoms with E-state index < -0.39 is 0 Å². The molecule has 0 aromatic heterocycles. The second kappa shape index (κ2) is 10.1. The maximum absolute atomic E-state index is 3.85. The van der Waals surface area contributed by atoms with Crippen LogP contribution in [0.5, 0.6) is 0 Å². The first-order chi connectivity index (χ1) is 8.21. The van der Waals surface area contributed by atoms with Gasteiger partial charge in [0.15, 0.2) is 0 Å². The molecular weight excluding hydrogens is 318 g/mol. The van der Waals surface area contributed by atoms with Crippen LogP contribution in [0, 0.1) is 0 Å². The van der Waals surface area contributed by atoms with Crippen molar-refractivity contribution in [2.45, 2.75) is 6.92 Å². The standard InChI is InChI=1S/C15H18BI/c1-5-9-11-13-15(8-4)16(17)14(7-3)12-10-6-2/h5-13H,1,3-4H2,2H3/b10-6-,11-9-,14-12+,15-13+. The molecule has 0 rings (SSSR count). The minimum atomic E-state index is 0.258. The van der Waals surface area contributed by atoms with Crippen LogP contribution < -0.4 is 0 Å². The molecule has 0 atom stereocenters. The Kier molecular flexibility index (Phi) is 9.54. The zero-order chi connectivity index (χ0) is 13.1. The van der Waals surface area contributed by atoms with Gasteiger partial charge in [0.05, 0.1) is 0 Å². The van der Waals surface area contributed by atoms with E-state index in [1.165, 1.54) is 5.47 Å². The molecule has 0 aliphatic heterocycles. The minimum absolute atomic E-state index is 0.258. The predicted octanol–water partition coefficient (Wildman–Crippen LogP) is 5.03. The fraction of sp³-hybridized carbons (Fsp3) is 0.0667. The summed E-state index contributed by atoms with van der Waals surface area (Å²) >= 11 is 2.38. The molecule has 0 spiro atoms. The van der Waals surface area contributed by atoms with Crippen molar-refractivity contribution in [2.24, 2.45) is 0 Å². The summed E-state index contributed by atoms with van der Waals surface area (Å²) < 4.78 is 0.258. The summed E-state index contributed by atoms with van der Waals surface area (Å²) in [5.74, 6) is 0. The lowest BCUT2D eigenvalue weighted by atomic mass is 9.61. The monoisotopic (exact) mass is 336 g/mol. The van der Waals surface area contributed by atoms with E-state index in [9.17, 15) is 0 Å². The number of hydrogen-bond donors (Lipinski definition) is 0. The highest BCUT2D eigenvalue weighted by Crippen LogP contribution is 2.19. The van der Waals surface area contributed by atoms with Gasteiger partial charge in [-0.05, 0) is 6.92 Å². The van der Waals surface area contributed by atoms with Gasteiger partial charge in [0.1, 0.15) is 0 Å². The number of allylic oxidation sites excluding steroid dienone is 11. The van der Waals surface area contributed by atoms with Crippen LogP contribution in [-0.2, 0) is 0 Å². The second-order valence-corrected chi connectivity index (χ2v) is 4.50. The average molecular weight is 336 g/mol. The summed E-state index contributed by atoms with van der Waals surface area (Å²) in [5, 5.41) is 0. The van der Waals surface area contributed by atoms with Gasteiger partial charge in [0.2, 0.25) is 0 Å². The summed E-state index contributed by atoms with van der Waals surface area (Å²) in [6.45, 7) is 13.3. The van der Waals surface area contributed by atoms with Crippen LogP contribution in [0.3, 0.4) is 0 Å². The molecule has 0 bridgehead atoms. The molecule has 0 aromatic carbocycles. The largest absolute Gasteiger partial charge is 0.282 e. The number of rotatable bonds is 7. The van der Waals surface area contributed by atoms with E-state index in [0.29, 0.717) is 0 Å². The Morgan fingerprint density at radius 3 is 1.88 bits per heavy atom. The fourth-order valence-electron chi connectivity index (χ4n) is 1.16. The van der Waals surface area contributed by atoms with Gasteiger partial charge in [-0.3, -0.25) is 0 Å². The molecule has 0 heterocycles. The Hall–Kier alpha value is -1.03. The van der Waals surface area contributed by atoms with Crippen molar-refractivity contribution >= 4 is 26.9 Å². The SMILES string of the molecule is C=C/C=C\C=C(/C=C)B(I)/C(C=C)=C/C=C\C. The van der Waals surface area contributed by atoms with E-state index in [2.05, 4.69) is 48.2 Å². The Morgan fingerprint density at radius 2 is 1.47 bits per heavy atom. The van der Waals surface area contributed by atoms with Gasteiger partial charge in [-0.2, -0.15) is 0 Å². The molecule has 0 saturated heterocycles. The first-order valence-corrected chi connectivity index (χ1v) is 6.66. The molecule has 88 valence electrons. The van der Waals surface area contributed by atoms with E-state index in [1.807, 2.05) is 49.5 Å². The zero-order valence-electron chi connectivity index (χ0n) is 10.3. The highest BCUT2D eigenvalue weighted by atomic mass is 127. The Morgan fingerprint density at radius 1 is 0.941 bits per heavy atom. The van der Waals surface area contributed by atoms with Crippen molar-refractivity contribution in [1.29, 1.82) is 0 Å². The summed E-state index contributed by atoms with van der Waals surface area (Å²) in [4.78, 5) is 0. The summed E-state index contributed by atoms with van der Waals surface area (Å²) in [6, 6.07) is 0. The van der Waals surface area contributed by atoms with Crippen molar-refractivity contribution in [3.8, 4) is 0 Å². The third-order valence-corrected chi connectivity index (χ3v) is 3.51. The van der Waals surface area contributed by atoms with Gasteiger partial charge in [-0.15, -0.1) is 22.4 Å². The molecule has 0 nitrogen and oxygen atoms in total. The normalized spacial score (nSPS) is 13.1. The highest BCUT2D eigenvalue weighted by molar-refractivity contribution is 14.1. The summed E-state index contributed by atoms with van der Waals surface area (Å²) in [6.07, 6.45) is 17.5. The lowest BCUT2D eigenvalue weighted by Gasteiger charge is -2.07. The maximum atomic E-state index is 3.85. The fourth-order valence-corrected chi connectivity index (χ4v) is 2.08. The molecule has 0 saturated carbocycles. The molecule has 2 heteroatoms. The Balaban J connectivity index is 5.07. The van der Waals surface area contributed by atoms with E-state index in [-0.39, 0.29) is 4.57 Å². The lowest BCUT2D eigenvalue weighted by molar-refractivity contribution is 1.71. The van der Waals surface area contributed by atoms with Crippen LogP contribution in [0.1, 0.15) is 6.92 Å². The third-order valence-electron chi connectivity index (χ3n) is 2.07. The average Bonchev–Trinajstić information content (AvgIpc) is 2.35. The van der Waals surface area contributed by atoms with E-state index in [4.69, 9.17) is 0 Å². The van der Waals surface area contributed by atoms with Crippen LogP contribution in [-0.4, -0.2) is 4.57 Å². The molecule has 17 heavy (non-hydrogen) atoms. The summed E-state index contributed by atoms with van der Waals surface area (Å²) in [5.41, 5.74) is 2.32. The quantitative estimate of drug-likeness (QED) is 0.347. The smallest absolute Gasteiger partial charge is 0.136 e. The zero-order valence-corrected chi connectivity index (χ0v) is 12.4. The highest BCUT2D eigenvalue weighted by Gasteiger charge is 2.15. The minimum Gasteiger partial charge on any atom is -0.136 e. The van der Waals surface area contributed by atoms with Gasteiger partial charge >= 0.3 is 0 Å². The van der Waals surface area contributed by atoms with Gasteiger partial charge in [-0.25, -0.2) is 0 Å². The molecule has 0 aromatic rings. The van der Waals surface area contributed by atoms with E-state index >= 15 is 0 Å². The molecule has 0 radical (unpaired) electrons. The van der Waals surface area contributed by atoms with Crippen LogP contribution in [0.4, 0.5) is 0 Å². The Labute approximate surface area is 119 Å². The molecular formula is C15H18BI. The van der Waals surface area contributed by atoms with Gasteiger partial charge < -0.3 is 0 Å². The molecule has 0 aliphatic carbocycles. The molecule has 0 fully saturated rings. The number of halogens is 1. The van der Waals surface area contributed by atoms with E-state index in [1.54, 1.807) is 6.08 Å². The van der Waals surface area contributed by atoms with Crippen molar-refractivity contribution in [2.75, 3.05) is 0 Å². The van der Waals surface area contributed by atoms with Crippen LogP contribution in [0.15, 0.2) is 85.4 Å². The van der Waals surface area contributed by atoms with Crippen molar-refractivity contribution in [3.63, 3.8) is 0 Å². The van der Waals surface area contributed by atoms with Crippen LogP contribution in [0.2, 0.25) is 0 Å². The second-order valence-electron chi connectivity index (χ2n) is 3.25. The molecule has 0 N–H and O–H groups in total. The first kappa shape index (κ1) is 16.0. The predicted molar refractivity (Wildman–Crippen MR) is 90.5 cm³/mol. The maximum Gasteiger partial charge on any atom is 0.282 e. The van der Waals surface area contributed by atoms with E-state index in [0.717, 1.165) is 5.47 Å². The molecule has 0 unspecified atom stereocenters. The number of hydrogen-bond acceptors (Lipinski definition) is 0. The van der Waals surface area contributed by atoms with Crippen LogP contribution >= 0.6 is 22.4 Å². The summed E-state index contributed by atoms with van der Waals surface area (Å²) in [7, 11) is 0. The van der Waals surface area contributed by atoms with Crippen molar-refractivity contribution < 1.29 is 0 Å². The van der Waals surface area contributed by atoms with Gasteiger partial charge in [0.25, 0.3) is 4.57 Å².